The van der Waals surface area contributed by atoms with Gasteiger partial charge in [-0.05, 0) is 24.9 Å². The maximum atomic E-state index is 4.40. The molecule has 0 aliphatic heterocycles. The Morgan fingerprint density at radius 1 is 1.10 bits per heavy atom. The maximum Gasteiger partial charge on any atom is 0.139 e. The highest BCUT2D eigenvalue weighted by atomic mass is 32.1. The first-order valence-electron chi connectivity index (χ1n) is 7.45. The second-order valence-corrected chi connectivity index (χ2v) is 6.03. The van der Waals surface area contributed by atoms with Crippen LogP contribution in [0.25, 0.3) is 0 Å². The number of aromatic nitrogens is 2. The van der Waals surface area contributed by atoms with Gasteiger partial charge in [0.25, 0.3) is 0 Å². The summed E-state index contributed by atoms with van der Waals surface area (Å²) in [5, 5.41) is 14.6. The number of hydrogen-bond donors (Lipinski definition) is 1. The van der Waals surface area contributed by atoms with E-state index in [2.05, 4.69) is 53.6 Å². The molecule has 108 valence electrons. The van der Waals surface area contributed by atoms with Crippen LogP contribution in [0.5, 0.6) is 0 Å². The van der Waals surface area contributed by atoms with Gasteiger partial charge in [0, 0.05) is 6.42 Å². The molecule has 0 fully saturated rings. The van der Waals surface area contributed by atoms with Gasteiger partial charge in [-0.1, -0.05) is 61.9 Å². The van der Waals surface area contributed by atoms with Gasteiger partial charge >= 0.3 is 0 Å². The molecule has 0 aliphatic carbocycles. The van der Waals surface area contributed by atoms with Crippen molar-refractivity contribution in [2.75, 3.05) is 6.54 Å². The van der Waals surface area contributed by atoms with E-state index in [0.717, 1.165) is 29.4 Å². The number of nitrogens with one attached hydrogen (secondary N) is 1. The Bertz CT molecular complexity index is 495. The van der Waals surface area contributed by atoms with Gasteiger partial charge in [0.15, 0.2) is 0 Å². The van der Waals surface area contributed by atoms with Crippen LogP contribution >= 0.6 is 11.3 Å². The van der Waals surface area contributed by atoms with E-state index < -0.39 is 0 Å². The van der Waals surface area contributed by atoms with Crippen LogP contribution < -0.4 is 5.32 Å². The highest BCUT2D eigenvalue weighted by Crippen LogP contribution is 2.25. The van der Waals surface area contributed by atoms with Crippen LogP contribution in [-0.2, 0) is 6.42 Å². The second-order valence-electron chi connectivity index (χ2n) is 4.94. The van der Waals surface area contributed by atoms with Crippen LogP contribution in [0.2, 0.25) is 0 Å². The molecule has 1 aromatic heterocycles. The lowest BCUT2D eigenvalue weighted by atomic mass is 10.1. The molecule has 2 rings (SSSR count). The minimum atomic E-state index is 0.170. The topological polar surface area (TPSA) is 37.8 Å². The molecule has 0 radical (unpaired) electrons. The number of benzene rings is 1. The molecule has 0 spiro atoms. The summed E-state index contributed by atoms with van der Waals surface area (Å²) in [6, 6.07) is 10.7. The Labute approximate surface area is 125 Å². The first-order valence-corrected chi connectivity index (χ1v) is 8.27. The van der Waals surface area contributed by atoms with Gasteiger partial charge in [0.2, 0.25) is 0 Å². The van der Waals surface area contributed by atoms with Gasteiger partial charge in [-0.15, -0.1) is 10.2 Å². The Kier molecular flexibility index (Phi) is 6.15. The van der Waals surface area contributed by atoms with Gasteiger partial charge in [-0.3, -0.25) is 0 Å². The summed E-state index contributed by atoms with van der Waals surface area (Å²) >= 11 is 1.74. The lowest BCUT2D eigenvalue weighted by Crippen LogP contribution is -2.23. The average Bonchev–Trinajstić information content (AvgIpc) is 2.95. The van der Waals surface area contributed by atoms with Crippen molar-refractivity contribution in [1.29, 1.82) is 0 Å². The molecule has 1 N–H and O–H groups in total. The van der Waals surface area contributed by atoms with Crippen molar-refractivity contribution in [2.45, 2.75) is 45.6 Å². The lowest BCUT2D eigenvalue weighted by molar-refractivity contribution is 0.591. The summed E-state index contributed by atoms with van der Waals surface area (Å²) in [4.78, 5) is 0. The highest BCUT2D eigenvalue weighted by Gasteiger charge is 2.17. The number of rotatable bonds is 8. The van der Waals surface area contributed by atoms with E-state index in [4.69, 9.17) is 0 Å². The Morgan fingerprint density at radius 3 is 2.60 bits per heavy atom. The normalized spacial score (nSPS) is 12.5. The monoisotopic (exact) mass is 289 g/mol. The van der Waals surface area contributed by atoms with Crippen LogP contribution in [0, 0.1) is 0 Å². The third kappa shape index (κ3) is 4.12. The quantitative estimate of drug-likeness (QED) is 0.799. The Balaban J connectivity index is 2.16. The SMILES string of the molecule is CCCCc1nnc(C(NCCC)c2ccccc2)s1. The number of hydrogen-bond acceptors (Lipinski definition) is 4. The lowest BCUT2D eigenvalue weighted by Gasteiger charge is -2.15. The summed E-state index contributed by atoms with van der Waals surface area (Å²) < 4.78 is 0. The van der Waals surface area contributed by atoms with E-state index in [1.54, 1.807) is 11.3 Å². The fourth-order valence-electron chi connectivity index (χ4n) is 2.09. The zero-order valence-corrected chi connectivity index (χ0v) is 13.1. The average molecular weight is 289 g/mol. The zero-order chi connectivity index (χ0) is 14.2. The Hall–Kier alpha value is -1.26. The molecule has 0 saturated carbocycles. The van der Waals surface area contributed by atoms with Crippen molar-refractivity contribution in [3.8, 4) is 0 Å². The molecule has 0 saturated heterocycles. The fourth-order valence-corrected chi connectivity index (χ4v) is 3.08. The largest absolute Gasteiger partial charge is 0.304 e. The van der Waals surface area contributed by atoms with Crippen LogP contribution in [0.3, 0.4) is 0 Å². The molecule has 1 unspecified atom stereocenters. The van der Waals surface area contributed by atoms with E-state index in [1.165, 1.54) is 18.4 Å². The molecule has 0 amide bonds. The number of unbranched alkanes of at least 4 members (excludes halogenated alkanes) is 1. The van der Waals surface area contributed by atoms with Gasteiger partial charge in [-0.2, -0.15) is 0 Å². The van der Waals surface area contributed by atoms with E-state index in [9.17, 15) is 0 Å². The molecule has 1 heterocycles. The van der Waals surface area contributed by atoms with Gasteiger partial charge < -0.3 is 5.32 Å². The molecule has 3 nitrogen and oxygen atoms in total. The summed E-state index contributed by atoms with van der Waals surface area (Å²) in [5.74, 6) is 0. The summed E-state index contributed by atoms with van der Waals surface area (Å²) in [5.41, 5.74) is 1.26. The smallest absolute Gasteiger partial charge is 0.139 e. The molecular weight excluding hydrogens is 266 g/mol. The number of nitrogens with zero attached hydrogens (tertiary/aromatic N) is 2. The summed E-state index contributed by atoms with van der Waals surface area (Å²) in [6.07, 6.45) is 4.55. The molecule has 1 atom stereocenters. The first-order chi connectivity index (χ1) is 9.85. The molecule has 1 aromatic carbocycles. The van der Waals surface area contributed by atoms with Crippen molar-refractivity contribution in [3.63, 3.8) is 0 Å². The first kappa shape index (κ1) is 15.1. The summed E-state index contributed by atoms with van der Waals surface area (Å²) in [6.45, 7) is 5.38. The molecule has 2 aromatic rings. The predicted octanol–water partition coefficient (Wildman–Crippen LogP) is 3.97. The third-order valence-corrected chi connectivity index (χ3v) is 4.25. The van der Waals surface area contributed by atoms with E-state index in [0.29, 0.717) is 0 Å². The van der Waals surface area contributed by atoms with Gasteiger partial charge in [0.05, 0.1) is 6.04 Å². The van der Waals surface area contributed by atoms with Gasteiger partial charge in [0.1, 0.15) is 10.0 Å². The standard InChI is InChI=1S/C16H23N3S/c1-3-5-11-14-18-19-16(20-14)15(17-12-4-2)13-9-7-6-8-10-13/h6-10,15,17H,3-5,11-12H2,1-2H3. The van der Waals surface area contributed by atoms with E-state index in [1.807, 2.05) is 6.07 Å². The minimum Gasteiger partial charge on any atom is -0.304 e. The number of aryl methyl sites for hydroxylation is 1. The molecule has 0 bridgehead atoms. The van der Waals surface area contributed by atoms with E-state index >= 15 is 0 Å². The van der Waals surface area contributed by atoms with Gasteiger partial charge in [-0.25, -0.2) is 0 Å². The van der Waals surface area contributed by atoms with Crippen molar-refractivity contribution >= 4 is 11.3 Å². The fraction of sp³-hybridized carbons (Fsp3) is 0.500. The van der Waals surface area contributed by atoms with Crippen molar-refractivity contribution in [3.05, 3.63) is 45.9 Å². The predicted molar refractivity (Wildman–Crippen MR) is 85.1 cm³/mol. The summed E-state index contributed by atoms with van der Waals surface area (Å²) in [7, 11) is 0. The van der Waals surface area contributed by atoms with Crippen molar-refractivity contribution < 1.29 is 0 Å². The molecule has 20 heavy (non-hydrogen) atoms. The third-order valence-electron chi connectivity index (χ3n) is 3.20. The van der Waals surface area contributed by atoms with Crippen LogP contribution in [0.15, 0.2) is 30.3 Å². The Morgan fingerprint density at radius 2 is 1.90 bits per heavy atom. The van der Waals surface area contributed by atoms with Crippen LogP contribution in [0.1, 0.15) is 54.7 Å². The molecule has 4 heteroatoms. The van der Waals surface area contributed by atoms with Crippen molar-refractivity contribution in [1.82, 2.24) is 15.5 Å². The van der Waals surface area contributed by atoms with E-state index in [-0.39, 0.29) is 6.04 Å². The molecular formula is C16H23N3S. The van der Waals surface area contributed by atoms with Crippen LogP contribution in [0.4, 0.5) is 0 Å². The molecule has 0 aliphatic rings. The van der Waals surface area contributed by atoms with Crippen LogP contribution in [-0.4, -0.2) is 16.7 Å². The second kappa shape index (κ2) is 8.12. The maximum absolute atomic E-state index is 4.40. The zero-order valence-electron chi connectivity index (χ0n) is 12.3. The minimum absolute atomic E-state index is 0.170. The highest BCUT2D eigenvalue weighted by molar-refractivity contribution is 7.11. The van der Waals surface area contributed by atoms with Crippen molar-refractivity contribution in [2.24, 2.45) is 0 Å².